The maximum absolute atomic E-state index is 10.7. The summed E-state index contributed by atoms with van der Waals surface area (Å²) in [5, 5.41) is 9.01. The molecule has 0 atom stereocenters. The van der Waals surface area contributed by atoms with E-state index in [1.807, 2.05) is 13.8 Å². The fourth-order valence-electron chi connectivity index (χ4n) is 0.270. The molecule has 0 radical (unpaired) electrons. The van der Waals surface area contributed by atoms with E-state index in [4.69, 9.17) is 9.94 Å². The van der Waals surface area contributed by atoms with Gasteiger partial charge in [-0.25, -0.2) is 0 Å². The molecule has 0 rings (SSSR count). The molecule has 0 aliphatic carbocycles. The van der Waals surface area contributed by atoms with Gasteiger partial charge in [0.2, 0.25) is 0 Å². The van der Waals surface area contributed by atoms with Gasteiger partial charge in [0.05, 0.1) is 0 Å². The molecule has 1 N–H and O–H groups in total. The van der Waals surface area contributed by atoms with Crippen LogP contribution in [0.3, 0.4) is 0 Å². The number of nitrogens with zero attached hydrogens (tertiary/aromatic N) is 1. The molecule has 0 saturated carbocycles. The highest BCUT2D eigenvalue weighted by Crippen LogP contribution is 2.09. The van der Waals surface area contributed by atoms with Gasteiger partial charge in [0.1, 0.15) is 6.21 Å². The van der Waals surface area contributed by atoms with Crippen LogP contribution in [-0.2, 0) is 4.74 Å². The molecule has 74 valence electrons. The minimum atomic E-state index is -4.49. The molecule has 0 aromatic carbocycles. The SMILES string of the molecule is CCOCC.ON=CC(F)(F)F. The Morgan fingerprint density at radius 3 is 1.75 bits per heavy atom. The topological polar surface area (TPSA) is 41.8 Å². The van der Waals surface area contributed by atoms with Gasteiger partial charge in [-0.2, -0.15) is 13.2 Å². The first kappa shape index (κ1) is 13.8. The van der Waals surface area contributed by atoms with E-state index in [1.54, 1.807) is 5.16 Å². The maximum atomic E-state index is 10.7. The molecule has 0 aliphatic rings. The van der Waals surface area contributed by atoms with Crippen molar-refractivity contribution in [1.29, 1.82) is 0 Å². The zero-order chi connectivity index (χ0) is 10.0. The van der Waals surface area contributed by atoms with E-state index in [0.29, 0.717) is 0 Å². The second kappa shape index (κ2) is 8.32. The summed E-state index contributed by atoms with van der Waals surface area (Å²) in [6, 6.07) is 0. The lowest BCUT2D eigenvalue weighted by molar-refractivity contribution is -0.0553. The number of rotatable bonds is 2. The fourth-order valence-corrected chi connectivity index (χ4v) is 0.270. The van der Waals surface area contributed by atoms with Gasteiger partial charge in [-0.1, -0.05) is 5.16 Å². The van der Waals surface area contributed by atoms with Crippen LogP contribution in [0.15, 0.2) is 5.16 Å². The van der Waals surface area contributed by atoms with E-state index in [9.17, 15) is 13.2 Å². The Kier molecular flexibility index (Phi) is 9.56. The molecule has 0 aliphatic heterocycles. The molecule has 0 bridgehead atoms. The van der Waals surface area contributed by atoms with Crippen molar-refractivity contribution in [2.24, 2.45) is 5.16 Å². The number of hydrogen-bond acceptors (Lipinski definition) is 3. The van der Waals surface area contributed by atoms with Gasteiger partial charge in [-0.3, -0.25) is 0 Å². The van der Waals surface area contributed by atoms with Crippen molar-refractivity contribution < 1.29 is 23.1 Å². The van der Waals surface area contributed by atoms with Crippen molar-refractivity contribution in [1.82, 2.24) is 0 Å². The highest BCUT2D eigenvalue weighted by atomic mass is 19.4. The van der Waals surface area contributed by atoms with Gasteiger partial charge >= 0.3 is 6.18 Å². The fraction of sp³-hybridized carbons (Fsp3) is 0.833. The van der Waals surface area contributed by atoms with Crippen LogP contribution in [0.25, 0.3) is 0 Å². The smallest absolute Gasteiger partial charge is 0.411 e. The number of alkyl halides is 3. The number of halogens is 3. The van der Waals surface area contributed by atoms with Gasteiger partial charge in [0.15, 0.2) is 0 Å². The highest BCUT2D eigenvalue weighted by molar-refractivity contribution is 5.62. The van der Waals surface area contributed by atoms with Gasteiger partial charge in [-0.05, 0) is 13.8 Å². The molecule has 6 heteroatoms. The summed E-state index contributed by atoms with van der Waals surface area (Å²) in [6.07, 6.45) is -5.00. The van der Waals surface area contributed by atoms with Crippen LogP contribution in [0.4, 0.5) is 13.2 Å². The first-order chi connectivity index (χ1) is 5.47. The van der Waals surface area contributed by atoms with Crippen LogP contribution in [0.5, 0.6) is 0 Å². The van der Waals surface area contributed by atoms with Crippen molar-refractivity contribution >= 4 is 6.21 Å². The number of hydrogen-bond donors (Lipinski definition) is 1. The lowest BCUT2D eigenvalue weighted by atomic mass is 10.7. The zero-order valence-corrected chi connectivity index (χ0v) is 6.93. The predicted molar refractivity (Wildman–Crippen MR) is 38.5 cm³/mol. The third-order valence-corrected chi connectivity index (χ3v) is 0.612. The minimum Gasteiger partial charge on any atom is -0.411 e. The quantitative estimate of drug-likeness (QED) is 0.408. The van der Waals surface area contributed by atoms with Crippen molar-refractivity contribution in [2.75, 3.05) is 13.2 Å². The largest absolute Gasteiger partial charge is 0.429 e. The lowest BCUT2D eigenvalue weighted by Gasteiger charge is -1.91. The lowest BCUT2D eigenvalue weighted by Crippen LogP contribution is -2.07. The van der Waals surface area contributed by atoms with Crippen molar-refractivity contribution in [2.45, 2.75) is 20.0 Å². The van der Waals surface area contributed by atoms with Crippen molar-refractivity contribution in [3.63, 3.8) is 0 Å². The second-order valence-corrected chi connectivity index (χ2v) is 1.57. The monoisotopic (exact) mass is 187 g/mol. The molecule has 12 heavy (non-hydrogen) atoms. The van der Waals surface area contributed by atoms with Gasteiger partial charge < -0.3 is 9.94 Å². The molecular weight excluding hydrogens is 175 g/mol. The third-order valence-electron chi connectivity index (χ3n) is 0.612. The highest BCUT2D eigenvalue weighted by Gasteiger charge is 2.23. The summed E-state index contributed by atoms with van der Waals surface area (Å²) < 4.78 is 37.1. The molecular formula is C6H12F3NO2. The van der Waals surface area contributed by atoms with Crippen LogP contribution in [-0.4, -0.2) is 30.8 Å². The zero-order valence-electron chi connectivity index (χ0n) is 6.93. The first-order valence-electron chi connectivity index (χ1n) is 3.31. The van der Waals surface area contributed by atoms with Crippen LogP contribution in [0, 0.1) is 0 Å². The minimum absolute atomic E-state index is 0.507. The van der Waals surface area contributed by atoms with Crippen LogP contribution in [0.2, 0.25) is 0 Å². The Bertz CT molecular complexity index is 112. The molecule has 0 saturated heterocycles. The molecule has 0 amide bonds. The molecule has 0 fully saturated rings. The van der Waals surface area contributed by atoms with Gasteiger partial charge in [0, 0.05) is 13.2 Å². The summed E-state index contributed by atoms with van der Waals surface area (Å²) in [6.45, 7) is 5.67. The third kappa shape index (κ3) is 22.9. The van der Waals surface area contributed by atoms with Crippen LogP contribution in [0.1, 0.15) is 13.8 Å². The summed E-state index contributed by atoms with van der Waals surface area (Å²) in [4.78, 5) is 0. The average molecular weight is 187 g/mol. The molecule has 0 spiro atoms. The average Bonchev–Trinajstić information content (AvgIpc) is 1.87. The van der Waals surface area contributed by atoms with E-state index < -0.39 is 12.4 Å². The van der Waals surface area contributed by atoms with E-state index >= 15 is 0 Å². The maximum Gasteiger partial charge on any atom is 0.429 e. The van der Waals surface area contributed by atoms with Gasteiger partial charge in [0.25, 0.3) is 0 Å². The van der Waals surface area contributed by atoms with Crippen LogP contribution < -0.4 is 0 Å². The Balaban J connectivity index is 0. The molecule has 0 aromatic rings. The normalized spacial score (nSPS) is 11.1. The molecule has 3 nitrogen and oxygen atoms in total. The predicted octanol–water partition coefficient (Wildman–Crippen LogP) is 2.05. The van der Waals surface area contributed by atoms with E-state index in [0.717, 1.165) is 13.2 Å². The Hall–Kier alpha value is -0.780. The van der Waals surface area contributed by atoms with Crippen molar-refractivity contribution in [3.8, 4) is 0 Å². The van der Waals surface area contributed by atoms with Crippen molar-refractivity contribution in [3.05, 3.63) is 0 Å². The molecule has 0 aromatic heterocycles. The number of oxime groups is 1. The molecule has 0 heterocycles. The van der Waals surface area contributed by atoms with Gasteiger partial charge in [-0.15, -0.1) is 0 Å². The second-order valence-electron chi connectivity index (χ2n) is 1.57. The van der Waals surface area contributed by atoms with Crippen LogP contribution >= 0.6 is 0 Å². The number of ether oxygens (including phenoxy) is 1. The Labute approximate surface area is 68.8 Å². The summed E-state index contributed by atoms with van der Waals surface area (Å²) in [5.41, 5.74) is 0. The van der Waals surface area contributed by atoms with E-state index in [1.165, 1.54) is 0 Å². The first-order valence-corrected chi connectivity index (χ1v) is 3.31. The van der Waals surface area contributed by atoms with E-state index in [-0.39, 0.29) is 0 Å². The summed E-state index contributed by atoms with van der Waals surface area (Å²) >= 11 is 0. The standard InChI is InChI=1S/C4H10O.C2H2F3NO/c1-3-5-4-2;3-2(4,5)1-6-7/h3-4H2,1-2H3;1,7H. The summed E-state index contributed by atoms with van der Waals surface area (Å²) in [5.74, 6) is 0. The van der Waals surface area contributed by atoms with E-state index in [2.05, 4.69) is 0 Å². The Morgan fingerprint density at radius 1 is 1.33 bits per heavy atom. The molecule has 0 unspecified atom stereocenters. The Morgan fingerprint density at radius 2 is 1.75 bits per heavy atom. The summed E-state index contributed by atoms with van der Waals surface area (Å²) in [7, 11) is 0.